The van der Waals surface area contributed by atoms with Crippen LogP contribution in [0.25, 0.3) is 5.57 Å². The first-order chi connectivity index (χ1) is 12.7. The number of carbonyl (C=O) groups excluding carboxylic acids is 1. The fourth-order valence-corrected chi connectivity index (χ4v) is 2.93. The van der Waals surface area contributed by atoms with Gasteiger partial charge in [0.1, 0.15) is 11.4 Å². The van der Waals surface area contributed by atoms with Gasteiger partial charge in [-0.15, -0.1) is 0 Å². The first kappa shape index (κ1) is 17.5. The molecule has 1 N–H and O–H groups in total. The Morgan fingerprint density at radius 2 is 2.15 bits per heavy atom. The summed E-state index contributed by atoms with van der Waals surface area (Å²) in [7, 11) is 1.34. The van der Waals surface area contributed by atoms with Crippen LogP contribution in [0.2, 0.25) is 0 Å². The Morgan fingerprint density at radius 3 is 2.88 bits per heavy atom. The second-order valence-corrected chi connectivity index (χ2v) is 5.77. The van der Waals surface area contributed by atoms with Crippen molar-refractivity contribution in [1.29, 1.82) is 0 Å². The highest BCUT2D eigenvalue weighted by Gasteiger charge is 2.21. The number of nitrogens with one attached hydrogen (secondary N) is 1. The molecule has 0 unspecified atom stereocenters. The molecule has 2 heterocycles. The quantitative estimate of drug-likeness (QED) is 0.634. The Bertz CT molecular complexity index is 903. The Kier molecular flexibility index (Phi) is 5.22. The number of nitrogens with zero attached hydrogens (tertiary/aromatic N) is 3. The highest BCUT2D eigenvalue weighted by atomic mass is 16.5. The molecule has 0 radical (unpaired) electrons. The maximum absolute atomic E-state index is 12.0. The Balaban J connectivity index is 2.07. The summed E-state index contributed by atoms with van der Waals surface area (Å²) in [6.07, 6.45) is 11.1. The lowest BCUT2D eigenvalue weighted by Crippen LogP contribution is -2.09. The van der Waals surface area contributed by atoms with Crippen molar-refractivity contribution < 1.29 is 9.53 Å². The van der Waals surface area contributed by atoms with Crippen LogP contribution in [0.5, 0.6) is 0 Å². The minimum atomic E-state index is -0.454. The highest BCUT2D eigenvalue weighted by molar-refractivity contribution is 5.96. The number of hydrogen-bond donors (Lipinski definition) is 1. The van der Waals surface area contributed by atoms with Crippen LogP contribution in [0.1, 0.15) is 33.9 Å². The van der Waals surface area contributed by atoms with Crippen LogP contribution in [0, 0.1) is 0 Å². The largest absolute Gasteiger partial charge is 0.465 e. The van der Waals surface area contributed by atoms with E-state index in [-0.39, 0.29) is 0 Å². The molecule has 0 amide bonds. The third kappa shape index (κ3) is 3.39. The molecule has 1 aliphatic carbocycles. The topological polar surface area (TPSA) is 77.0 Å². The van der Waals surface area contributed by atoms with Crippen LogP contribution >= 0.6 is 0 Å². The smallest absolute Gasteiger partial charge is 0.341 e. The lowest BCUT2D eigenvalue weighted by Gasteiger charge is -2.14. The summed E-state index contributed by atoms with van der Waals surface area (Å²) in [6.45, 7) is 7.55. The van der Waals surface area contributed by atoms with Gasteiger partial charge in [0.25, 0.3) is 0 Å². The van der Waals surface area contributed by atoms with E-state index in [9.17, 15) is 4.79 Å². The molecule has 0 spiro atoms. The van der Waals surface area contributed by atoms with Crippen LogP contribution < -0.4 is 5.32 Å². The maximum Gasteiger partial charge on any atom is 0.341 e. The van der Waals surface area contributed by atoms with E-state index in [0.29, 0.717) is 22.9 Å². The van der Waals surface area contributed by atoms with Gasteiger partial charge in [0, 0.05) is 29.2 Å². The average Bonchev–Trinajstić information content (AvgIpc) is 3.14. The summed E-state index contributed by atoms with van der Waals surface area (Å²) >= 11 is 0. The number of rotatable bonds is 6. The molecule has 0 aromatic carbocycles. The summed E-state index contributed by atoms with van der Waals surface area (Å²) in [5, 5.41) is 3.27. The molecule has 26 heavy (non-hydrogen) atoms. The fourth-order valence-electron chi connectivity index (χ4n) is 2.93. The van der Waals surface area contributed by atoms with Gasteiger partial charge >= 0.3 is 5.97 Å². The molecular weight excluding hydrogens is 328 g/mol. The van der Waals surface area contributed by atoms with Crippen molar-refractivity contribution in [3.8, 4) is 0 Å². The van der Waals surface area contributed by atoms with Crippen LogP contribution in [0.3, 0.4) is 0 Å². The molecule has 2 aromatic heterocycles. The standard InChI is InChI=1S/C20H20N4O2/c1-4-7-13(5-2)18-22-16-9-6-8-14(16)19(24-18)23-17-10-11-21-12-15(17)20(25)26-3/h4-5,7,10-12H,1-2,6,8-9H2,3H3,(H,21,22,23,24)/b13-7+. The number of aryl methyl sites for hydroxylation is 1. The van der Waals surface area contributed by atoms with Crippen molar-refractivity contribution >= 4 is 23.0 Å². The molecule has 0 atom stereocenters. The van der Waals surface area contributed by atoms with E-state index in [1.165, 1.54) is 13.3 Å². The van der Waals surface area contributed by atoms with E-state index in [0.717, 1.165) is 36.1 Å². The van der Waals surface area contributed by atoms with E-state index < -0.39 is 5.97 Å². The number of allylic oxidation sites excluding steroid dienone is 4. The summed E-state index contributed by atoms with van der Waals surface area (Å²) in [5.74, 6) is 0.817. The Morgan fingerprint density at radius 1 is 1.31 bits per heavy atom. The second-order valence-electron chi connectivity index (χ2n) is 5.77. The number of hydrogen-bond acceptors (Lipinski definition) is 6. The van der Waals surface area contributed by atoms with E-state index in [1.807, 2.05) is 6.08 Å². The van der Waals surface area contributed by atoms with Crippen LogP contribution in [0.15, 0.2) is 49.8 Å². The zero-order chi connectivity index (χ0) is 18.5. The van der Waals surface area contributed by atoms with E-state index in [4.69, 9.17) is 4.74 Å². The molecule has 0 saturated heterocycles. The summed E-state index contributed by atoms with van der Waals surface area (Å²) in [6, 6.07) is 1.73. The Hall–Kier alpha value is -3.28. The number of carbonyl (C=O) groups is 1. The average molecular weight is 348 g/mol. The van der Waals surface area contributed by atoms with Gasteiger partial charge in [-0.3, -0.25) is 4.98 Å². The lowest BCUT2D eigenvalue weighted by atomic mass is 10.1. The molecule has 0 fully saturated rings. The lowest BCUT2D eigenvalue weighted by molar-refractivity contribution is 0.0601. The monoisotopic (exact) mass is 348 g/mol. The number of esters is 1. The molecule has 0 saturated carbocycles. The second kappa shape index (κ2) is 7.74. The third-order valence-corrected chi connectivity index (χ3v) is 4.19. The van der Waals surface area contributed by atoms with Crippen LogP contribution in [-0.2, 0) is 17.6 Å². The van der Waals surface area contributed by atoms with Crippen molar-refractivity contribution in [1.82, 2.24) is 15.0 Å². The SMILES string of the molecule is C=C/C=C(\C=C)c1nc2c(c(Nc3ccncc3C(=O)OC)n1)CCC2. The number of fused-ring (bicyclic) bond motifs is 1. The minimum absolute atomic E-state index is 0.354. The zero-order valence-electron chi connectivity index (χ0n) is 14.7. The molecule has 6 heteroatoms. The first-order valence-corrected chi connectivity index (χ1v) is 8.32. The maximum atomic E-state index is 12.0. The van der Waals surface area contributed by atoms with E-state index in [1.54, 1.807) is 24.4 Å². The van der Waals surface area contributed by atoms with Crippen molar-refractivity contribution in [2.24, 2.45) is 0 Å². The number of methoxy groups -OCH3 is 1. The van der Waals surface area contributed by atoms with Crippen LogP contribution in [-0.4, -0.2) is 28.0 Å². The number of anilines is 2. The summed E-state index contributed by atoms with van der Waals surface area (Å²) in [5.41, 5.74) is 3.83. The molecular formula is C20H20N4O2. The Labute approximate surface area is 152 Å². The van der Waals surface area contributed by atoms with Gasteiger partial charge in [0.15, 0.2) is 5.82 Å². The summed E-state index contributed by atoms with van der Waals surface area (Å²) < 4.78 is 4.83. The molecule has 132 valence electrons. The van der Waals surface area contributed by atoms with E-state index in [2.05, 4.69) is 33.4 Å². The van der Waals surface area contributed by atoms with E-state index >= 15 is 0 Å². The predicted octanol–water partition coefficient (Wildman–Crippen LogP) is 3.65. The molecule has 3 rings (SSSR count). The summed E-state index contributed by atoms with van der Waals surface area (Å²) in [4.78, 5) is 25.4. The van der Waals surface area contributed by atoms with Gasteiger partial charge in [0.05, 0.1) is 12.8 Å². The molecule has 0 aliphatic heterocycles. The fraction of sp³-hybridized carbons (Fsp3) is 0.200. The van der Waals surface area contributed by atoms with Gasteiger partial charge in [0.2, 0.25) is 0 Å². The first-order valence-electron chi connectivity index (χ1n) is 8.32. The van der Waals surface area contributed by atoms with Gasteiger partial charge in [-0.2, -0.15) is 0 Å². The van der Waals surface area contributed by atoms with Gasteiger partial charge in [-0.05, 0) is 25.3 Å². The number of ether oxygens (including phenoxy) is 1. The molecule has 1 aliphatic rings. The van der Waals surface area contributed by atoms with Crippen molar-refractivity contribution in [2.75, 3.05) is 12.4 Å². The van der Waals surface area contributed by atoms with Gasteiger partial charge < -0.3 is 10.1 Å². The highest BCUT2D eigenvalue weighted by Crippen LogP contribution is 2.31. The molecule has 2 aromatic rings. The molecule has 0 bridgehead atoms. The van der Waals surface area contributed by atoms with Crippen molar-refractivity contribution in [2.45, 2.75) is 19.3 Å². The number of pyridine rings is 1. The van der Waals surface area contributed by atoms with Crippen molar-refractivity contribution in [3.63, 3.8) is 0 Å². The van der Waals surface area contributed by atoms with Gasteiger partial charge in [-0.25, -0.2) is 14.8 Å². The predicted molar refractivity (Wildman–Crippen MR) is 101 cm³/mol. The zero-order valence-corrected chi connectivity index (χ0v) is 14.7. The van der Waals surface area contributed by atoms with Gasteiger partial charge in [-0.1, -0.05) is 31.4 Å². The molecule has 6 nitrogen and oxygen atoms in total. The normalized spacial score (nSPS) is 13.0. The third-order valence-electron chi connectivity index (χ3n) is 4.19. The van der Waals surface area contributed by atoms with Crippen LogP contribution in [0.4, 0.5) is 11.5 Å². The van der Waals surface area contributed by atoms with Crippen molar-refractivity contribution in [3.05, 3.63) is 72.5 Å². The minimum Gasteiger partial charge on any atom is -0.465 e. The number of aromatic nitrogens is 3.